The van der Waals surface area contributed by atoms with Gasteiger partial charge in [0.1, 0.15) is 0 Å². The molecular weight excluding hydrogens is 264 g/mol. The molecule has 1 aromatic carbocycles. The van der Waals surface area contributed by atoms with E-state index in [0.717, 1.165) is 37.2 Å². The van der Waals surface area contributed by atoms with Crippen molar-refractivity contribution in [2.24, 2.45) is 0 Å². The van der Waals surface area contributed by atoms with Crippen molar-refractivity contribution in [3.63, 3.8) is 0 Å². The molecule has 114 valence electrons. The van der Waals surface area contributed by atoms with Gasteiger partial charge in [0.05, 0.1) is 0 Å². The summed E-state index contributed by atoms with van der Waals surface area (Å²) >= 11 is 0. The Hall–Kier alpha value is -1.81. The molecule has 0 aliphatic carbocycles. The highest BCUT2D eigenvalue weighted by Crippen LogP contribution is 2.23. The second kappa shape index (κ2) is 6.76. The molecule has 4 nitrogen and oxygen atoms in total. The Bertz CT molecular complexity index is 540. The first kappa shape index (κ1) is 15.6. The van der Waals surface area contributed by atoms with Gasteiger partial charge in [-0.1, -0.05) is 13.0 Å². The Morgan fingerprint density at radius 2 is 2.19 bits per heavy atom. The number of carbonyl (C=O) groups is 1. The maximum Gasteiger partial charge on any atom is 0.328 e. The number of benzene rings is 1. The number of rotatable bonds is 4. The Kier molecular flexibility index (Phi) is 5.02. The number of carboxylic acids is 1. The minimum atomic E-state index is -0.914. The molecule has 1 aromatic rings. The molecule has 1 aliphatic heterocycles. The third kappa shape index (κ3) is 3.85. The molecule has 1 aliphatic rings. The summed E-state index contributed by atoms with van der Waals surface area (Å²) in [6.07, 6.45) is 4.00. The number of carboxylic acid groups (broad SMARTS) is 1. The van der Waals surface area contributed by atoms with E-state index in [0.29, 0.717) is 6.04 Å². The topological polar surface area (TPSA) is 43.8 Å². The maximum absolute atomic E-state index is 10.6. The summed E-state index contributed by atoms with van der Waals surface area (Å²) in [4.78, 5) is 15.4. The van der Waals surface area contributed by atoms with E-state index in [1.165, 1.54) is 11.8 Å². The second-order valence-electron chi connectivity index (χ2n) is 5.70. The lowest BCUT2D eigenvalue weighted by molar-refractivity contribution is -0.131. The van der Waals surface area contributed by atoms with Gasteiger partial charge in [-0.25, -0.2) is 4.79 Å². The number of piperazine rings is 1. The monoisotopic (exact) mass is 288 g/mol. The largest absolute Gasteiger partial charge is 0.478 e. The van der Waals surface area contributed by atoms with E-state index in [4.69, 9.17) is 5.11 Å². The molecule has 1 fully saturated rings. The van der Waals surface area contributed by atoms with Gasteiger partial charge in [0, 0.05) is 37.4 Å². The molecular formula is C17H24N2O2. The van der Waals surface area contributed by atoms with Gasteiger partial charge in [0.25, 0.3) is 0 Å². The van der Waals surface area contributed by atoms with E-state index >= 15 is 0 Å². The van der Waals surface area contributed by atoms with Gasteiger partial charge in [-0.2, -0.15) is 0 Å². The van der Waals surface area contributed by atoms with Gasteiger partial charge in [0.15, 0.2) is 0 Å². The minimum absolute atomic E-state index is 0.602. The van der Waals surface area contributed by atoms with E-state index in [1.807, 2.05) is 13.0 Å². The highest BCUT2D eigenvalue weighted by atomic mass is 16.4. The van der Waals surface area contributed by atoms with Crippen molar-refractivity contribution in [2.45, 2.75) is 26.3 Å². The number of likely N-dealkylation sites (N-methyl/N-ethyl adjacent to an activating group) is 1. The van der Waals surface area contributed by atoms with E-state index in [1.54, 1.807) is 6.08 Å². The predicted molar refractivity (Wildman–Crippen MR) is 86.8 cm³/mol. The summed E-state index contributed by atoms with van der Waals surface area (Å²) in [5, 5.41) is 8.71. The molecule has 0 spiro atoms. The number of hydrogen-bond donors (Lipinski definition) is 1. The van der Waals surface area contributed by atoms with Gasteiger partial charge < -0.3 is 10.0 Å². The molecule has 1 atom stereocenters. The first-order valence-electron chi connectivity index (χ1n) is 7.48. The Morgan fingerprint density at radius 3 is 2.81 bits per heavy atom. The van der Waals surface area contributed by atoms with Gasteiger partial charge in [-0.05, 0) is 49.7 Å². The van der Waals surface area contributed by atoms with Crippen molar-refractivity contribution in [1.82, 2.24) is 4.90 Å². The molecule has 0 bridgehead atoms. The fraction of sp³-hybridized carbons (Fsp3) is 0.471. The zero-order chi connectivity index (χ0) is 15.4. The van der Waals surface area contributed by atoms with Crippen LogP contribution in [0.25, 0.3) is 6.08 Å². The standard InChI is InChI=1S/C17H24N2O2/c1-4-15-12-19(10-9-18(15)3)16-7-5-14(13(2)11-16)6-8-17(20)21/h5-8,11,15H,4,9-10,12H2,1-3H3,(H,20,21). The summed E-state index contributed by atoms with van der Waals surface area (Å²) in [7, 11) is 2.19. The second-order valence-corrected chi connectivity index (χ2v) is 5.70. The smallest absolute Gasteiger partial charge is 0.328 e. The van der Waals surface area contributed by atoms with E-state index in [2.05, 4.69) is 35.9 Å². The first-order chi connectivity index (χ1) is 10.0. The van der Waals surface area contributed by atoms with Gasteiger partial charge >= 0.3 is 5.97 Å². The fourth-order valence-corrected chi connectivity index (χ4v) is 2.83. The third-order valence-electron chi connectivity index (χ3n) is 4.27. The van der Waals surface area contributed by atoms with Crippen LogP contribution in [0.3, 0.4) is 0 Å². The van der Waals surface area contributed by atoms with Crippen LogP contribution in [0.5, 0.6) is 0 Å². The molecule has 1 unspecified atom stereocenters. The number of nitrogens with zero attached hydrogens (tertiary/aromatic N) is 2. The van der Waals surface area contributed by atoms with Crippen LogP contribution in [0.15, 0.2) is 24.3 Å². The molecule has 0 radical (unpaired) electrons. The Labute approximate surface area is 126 Å². The van der Waals surface area contributed by atoms with Crippen LogP contribution in [-0.4, -0.2) is 48.7 Å². The zero-order valence-corrected chi connectivity index (χ0v) is 13.0. The summed E-state index contributed by atoms with van der Waals surface area (Å²) in [5.74, 6) is -0.914. The molecule has 4 heteroatoms. The van der Waals surface area contributed by atoms with E-state index in [9.17, 15) is 4.79 Å². The summed E-state index contributed by atoms with van der Waals surface area (Å²) in [6, 6.07) is 6.85. The number of aliphatic carboxylic acids is 1. The van der Waals surface area contributed by atoms with Crippen LogP contribution in [0.1, 0.15) is 24.5 Å². The highest BCUT2D eigenvalue weighted by molar-refractivity contribution is 5.85. The molecule has 1 heterocycles. The van der Waals surface area contributed by atoms with Crippen LogP contribution < -0.4 is 4.90 Å². The highest BCUT2D eigenvalue weighted by Gasteiger charge is 2.23. The molecule has 1 N–H and O–H groups in total. The van der Waals surface area contributed by atoms with Crippen molar-refractivity contribution >= 4 is 17.7 Å². The van der Waals surface area contributed by atoms with E-state index in [-0.39, 0.29) is 0 Å². The van der Waals surface area contributed by atoms with Crippen LogP contribution in [0.2, 0.25) is 0 Å². The molecule has 2 rings (SSSR count). The van der Waals surface area contributed by atoms with Crippen LogP contribution in [0, 0.1) is 6.92 Å². The summed E-state index contributed by atoms with van der Waals surface area (Å²) < 4.78 is 0. The van der Waals surface area contributed by atoms with E-state index < -0.39 is 5.97 Å². The van der Waals surface area contributed by atoms with Crippen molar-refractivity contribution in [1.29, 1.82) is 0 Å². The summed E-state index contributed by atoms with van der Waals surface area (Å²) in [6.45, 7) is 7.43. The fourth-order valence-electron chi connectivity index (χ4n) is 2.83. The maximum atomic E-state index is 10.6. The van der Waals surface area contributed by atoms with Crippen LogP contribution in [0.4, 0.5) is 5.69 Å². The summed E-state index contributed by atoms with van der Waals surface area (Å²) in [5.41, 5.74) is 3.30. The lowest BCUT2D eigenvalue weighted by Gasteiger charge is -2.40. The molecule has 0 aromatic heterocycles. The average Bonchev–Trinajstić information content (AvgIpc) is 2.46. The molecule has 0 saturated carbocycles. The number of aryl methyl sites for hydroxylation is 1. The van der Waals surface area contributed by atoms with Crippen molar-refractivity contribution in [3.05, 3.63) is 35.4 Å². The van der Waals surface area contributed by atoms with Crippen molar-refractivity contribution in [3.8, 4) is 0 Å². The molecule has 1 saturated heterocycles. The van der Waals surface area contributed by atoms with Crippen molar-refractivity contribution < 1.29 is 9.90 Å². The molecule has 0 amide bonds. The first-order valence-corrected chi connectivity index (χ1v) is 7.48. The normalized spacial score (nSPS) is 20.1. The number of hydrogen-bond acceptors (Lipinski definition) is 3. The zero-order valence-electron chi connectivity index (χ0n) is 13.0. The molecule has 21 heavy (non-hydrogen) atoms. The number of anilines is 1. The third-order valence-corrected chi connectivity index (χ3v) is 4.27. The predicted octanol–water partition coefficient (Wildman–Crippen LogP) is 2.62. The Morgan fingerprint density at radius 1 is 1.43 bits per heavy atom. The lowest BCUT2D eigenvalue weighted by atomic mass is 10.0. The van der Waals surface area contributed by atoms with Gasteiger partial charge in [-0.3, -0.25) is 4.90 Å². The SMILES string of the molecule is CCC1CN(c2ccc(C=CC(=O)O)c(C)c2)CCN1C. The quantitative estimate of drug-likeness (QED) is 0.865. The lowest BCUT2D eigenvalue weighted by Crippen LogP contribution is -2.51. The van der Waals surface area contributed by atoms with Crippen LogP contribution in [-0.2, 0) is 4.79 Å². The Balaban J connectivity index is 2.14. The van der Waals surface area contributed by atoms with Gasteiger partial charge in [0.2, 0.25) is 0 Å². The van der Waals surface area contributed by atoms with Gasteiger partial charge in [-0.15, -0.1) is 0 Å². The average molecular weight is 288 g/mol. The minimum Gasteiger partial charge on any atom is -0.478 e. The van der Waals surface area contributed by atoms with Crippen molar-refractivity contribution in [2.75, 3.05) is 31.6 Å². The van der Waals surface area contributed by atoms with Crippen LogP contribution >= 0.6 is 0 Å².